The van der Waals surface area contributed by atoms with Crippen LogP contribution in [0.1, 0.15) is 0 Å². The summed E-state index contributed by atoms with van der Waals surface area (Å²) in [4.78, 5) is 24.9. The molecule has 0 rings (SSSR count). The normalized spacial score (nSPS) is 9.71. The van der Waals surface area contributed by atoms with Gasteiger partial charge < -0.3 is 20.0 Å². The van der Waals surface area contributed by atoms with Gasteiger partial charge in [-0.1, -0.05) is 0 Å². The van der Waals surface area contributed by atoms with Gasteiger partial charge in [0.2, 0.25) is 0 Å². The highest BCUT2D eigenvalue weighted by Crippen LogP contribution is 1.92. The molecule has 0 atom stereocenters. The fourth-order valence-corrected chi connectivity index (χ4v) is 0.883. The van der Waals surface area contributed by atoms with Crippen LogP contribution in [0.2, 0.25) is 0 Å². The Labute approximate surface area is 82.7 Å². The maximum atomic E-state index is 11.4. The lowest BCUT2D eigenvalue weighted by Crippen LogP contribution is -2.44. The van der Waals surface area contributed by atoms with Crippen LogP contribution < -0.4 is 0 Å². The Kier molecular flexibility index (Phi) is 5.82. The molecular weight excluding hydrogens is 188 g/mol. The summed E-state index contributed by atoms with van der Waals surface area (Å²) in [5.41, 5.74) is 0. The first-order chi connectivity index (χ1) is 6.54. The summed E-state index contributed by atoms with van der Waals surface area (Å²) in [7, 11) is 2.94. The SMILES string of the molecule is CN(C)C(=O)C(=O)N(CCO)CCO. The van der Waals surface area contributed by atoms with Crippen LogP contribution in [0.4, 0.5) is 0 Å². The lowest BCUT2D eigenvalue weighted by atomic mass is 10.4. The molecule has 0 spiro atoms. The van der Waals surface area contributed by atoms with E-state index in [1.165, 1.54) is 14.1 Å². The lowest BCUT2D eigenvalue weighted by Gasteiger charge is -2.21. The van der Waals surface area contributed by atoms with Gasteiger partial charge in [0.05, 0.1) is 13.2 Å². The third-order valence-corrected chi connectivity index (χ3v) is 1.62. The van der Waals surface area contributed by atoms with E-state index in [9.17, 15) is 9.59 Å². The second kappa shape index (κ2) is 6.33. The maximum absolute atomic E-state index is 11.4. The summed E-state index contributed by atoms with van der Waals surface area (Å²) in [5, 5.41) is 17.3. The zero-order chi connectivity index (χ0) is 11.1. The first kappa shape index (κ1) is 12.9. The Balaban J connectivity index is 4.34. The molecule has 14 heavy (non-hydrogen) atoms. The number of nitrogens with zero attached hydrogens (tertiary/aromatic N) is 2. The van der Waals surface area contributed by atoms with Crippen molar-refractivity contribution in [2.45, 2.75) is 0 Å². The van der Waals surface area contributed by atoms with Crippen molar-refractivity contribution in [1.82, 2.24) is 9.80 Å². The second-order valence-corrected chi connectivity index (χ2v) is 2.94. The Morgan fingerprint density at radius 3 is 1.71 bits per heavy atom. The molecule has 2 N–H and O–H groups in total. The van der Waals surface area contributed by atoms with Crippen LogP contribution in [0.5, 0.6) is 0 Å². The van der Waals surface area contributed by atoms with Gasteiger partial charge in [0.25, 0.3) is 0 Å². The van der Waals surface area contributed by atoms with E-state index in [-0.39, 0.29) is 26.3 Å². The molecule has 0 radical (unpaired) electrons. The van der Waals surface area contributed by atoms with Crippen LogP contribution in [-0.4, -0.2) is 72.2 Å². The minimum absolute atomic E-state index is 0.0545. The van der Waals surface area contributed by atoms with Gasteiger partial charge in [-0.15, -0.1) is 0 Å². The molecule has 0 fully saturated rings. The van der Waals surface area contributed by atoms with Crippen molar-refractivity contribution >= 4 is 11.8 Å². The molecule has 0 heterocycles. The van der Waals surface area contributed by atoms with Crippen molar-refractivity contribution in [3.8, 4) is 0 Å². The van der Waals surface area contributed by atoms with Crippen molar-refractivity contribution < 1.29 is 19.8 Å². The van der Waals surface area contributed by atoms with Gasteiger partial charge in [-0.2, -0.15) is 0 Å². The highest BCUT2D eigenvalue weighted by atomic mass is 16.3. The number of aliphatic hydroxyl groups excluding tert-OH is 2. The standard InChI is InChI=1S/C8H16N2O4/c1-9(2)7(13)8(14)10(3-5-11)4-6-12/h11-12H,3-6H2,1-2H3. The molecule has 0 unspecified atom stereocenters. The van der Waals surface area contributed by atoms with E-state index in [1.807, 2.05) is 0 Å². The zero-order valence-electron chi connectivity index (χ0n) is 8.43. The van der Waals surface area contributed by atoms with Gasteiger partial charge in [-0.05, 0) is 0 Å². The van der Waals surface area contributed by atoms with Gasteiger partial charge in [0.15, 0.2) is 0 Å². The molecule has 0 saturated carbocycles. The molecule has 0 bridgehead atoms. The average molecular weight is 204 g/mol. The molecule has 82 valence electrons. The largest absolute Gasteiger partial charge is 0.395 e. The van der Waals surface area contributed by atoms with Gasteiger partial charge in [0.1, 0.15) is 0 Å². The number of hydrogen-bond acceptors (Lipinski definition) is 4. The fraction of sp³-hybridized carbons (Fsp3) is 0.750. The molecule has 0 aliphatic heterocycles. The van der Waals surface area contributed by atoms with Crippen LogP contribution in [0.25, 0.3) is 0 Å². The Morgan fingerprint density at radius 1 is 1.00 bits per heavy atom. The fourth-order valence-electron chi connectivity index (χ4n) is 0.883. The number of carbonyl (C=O) groups excluding carboxylic acids is 2. The number of carbonyl (C=O) groups is 2. The molecule has 0 aliphatic rings. The summed E-state index contributed by atoms with van der Waals surface area (Å²) in [6.07, 6.45) is 0. The Morgan fingerprint density at radius 2 is 1.43 bits per heavy atom. The number of aliphatic hydroxyl groups is 2. The first-order valence-corrected chi connectivity index (χ1v) is 4.26. The smallest absolute Gasteiger partial charge is 0.312 e. The summed E-state index contributed by atoms with van der Waals surface area (Å²) in [6.45, 7) is -0.350. The third kappa shape index (κ3) is 3.71. The van der Waals surface area contributed by atoms with E-state index >= 15 is 0 Å². The minimum Gasteiger partial charge on any atom is -0.395 e. The predicted molar refractivity (Wildman–Crippen MR) is 49.4 cm³/mol. The molecule has 0 aromatic rings. The highest BCUT2D eigenvalue weighted by Gasteiger charge is 2.22. The average Bonchev–Trinajstić information content (AvgIpc) is 2.15. The van der Waals surface area contributed by atoms with Crippen molar-refractivity contribution in [3.63, 3.8) is 0 Å². The zero-order valence-corrected chi connectivity index (χ0v) is 8.43. The van der Waals surface area contributed by atoms with Crippen LogP contribution in [0.15, 0.2) is 0 Å². The minimum atomic E-state index is -0.710. The van der Waals surface area contributed by atoms with Gasteiger partial charge in [0, 0.05) is 27.2 Å². The Bertz CT molecular complexity index is 200. The monoisotopic (exact) mass is 204 g/mol. The quantitative estimate of drug-likeness (QED) is 0.513. The maximum Gasteiger partial charge on any atom is 0.312 e. The summed E-state index contributed by atoms with van der Waals surface area (Å²) in [6, 6.07) is 0. The van der Waals surface area contributed by atoms with E-state index in [4.69, 9.17) is 10.2 Å². The first-order valence-electron chi connectivity index (χ1n) is 4.26. The van der Waals surface area contributed by atoms with E-state index < -0.39 is 11.8 Å². The predicted octanol–water partition coefficient (Wildman–Crippen LogP) is -2.11. The molecule has 0 aromatic heterocycles. The van der Waals surface area contributed by atoms with Crippen molar-refractivity contribution in [3.05, 3.63) is 0 Å². The number of rotatable bonds is 4. The number of likely N-dealkylation sites (N-methyl/N-ethyl adjacent to an activating group) is 1. The molecule has 0 aromatic carbocycles. The van der Waals surface area contributed by atoms with Crippen LogP contribution in [0, 0.1) is 0 Å². The highest BCUT2D eigenvalue weighted by molar-refractivity contribution is 6.34. The molecule has 6 heteroatoms. The number of amides is 2. The molecule has 0 aliphatic carbocycles. The molecule has 0 saturated heterocycles. The third-order valence-electron chi connectivity index (χ3n) is 1.62. The second-order valence-electron chi connectivity index (χ2n) is 2.94. The molecular formula is C8H16N2O4. The van der Waals surface area contributed by atoms with Crippen LogP contribution >= 0.6 is 0 Å². The van der Waals surface area contributed by atoms with E-state index in [0.29, 0.717) is 0 Å². The van der Waals surface area contributed by atoms with Crippen molar-refractivity contribution in [2.24, 2.45) is 0 Å². The van der Waals surface area contributed by atoms with Gasteiger partial charge >= 0.3 is 11.8 Å². The summed E-state index contributed by atoms with van der Waals surface area (Å²) >= 11 is 0. The van der Waals surface area contributed by atoms with Crippen molar-refractivity contribution in [1.29, 1.82) is 0 Å². The lowest BCUT2D eigenvalue weighted by molar-refractivity contribution is -0.150. The van der Waals surface area contributed by atoms with E-state index in [2.05, 4.69) is 0 Å². The number of hydrogen-bond donors (Lipinski definition) is 2. The van der Waals surface area contributed by atoms with Crippen LogP contribution in [-0.2, 0) is 9.59 Å². The van der Waals surface area contributed by atoms with Crippen LogP contribution in [0.3, 0.4) is 0 Å². The van der Waals surface area contributed by atoms with Crippen molar-refractivity contribution in [2.75, 3.05) is 40.4 Å². The summed E-state index contributed by atoms with van der Waals surface area (Å²) in [5.74, 6) is -1.37. The Hall–Kier alpha value is -1.14. The van der Waals surface area contributed by atoms with Gasteiger partial charge in [-0.3, -0.25) is 9.59 Å². The van der Waals surface area contributed by atoms with Gasteiger partial charge in [-0.25, -0.2) is 0 Å². The van der Waals surface area contributed by atoms with E-state index in [0.717, 1.165) is 9.80 Å². The van der Waals surface area contributed by atoms with E-state index in [1.54, 1.807) is 0 Å². The summed E-state index contributed by atoms with van der Waals surface area (Å²) < 4.78 is 0. The topological polar surface area (TPSA) is 81.1 Å². The molecule has 6 nitrogen and oxygen atoms in total. The molecule has 2 amide bonds.